The Morgan fingerprint density at radius 3 is 2.47 bits per heavy atom. The zero-order chi connectivity index (χ0) is 12.3. The van der Waals surface area contributed by atoms with Crippen LogP contribution in [0.25, 0.3) is 0 Å². The lowest BCUT2D eigenvalue weighted by Crippen LogP contribution is -2.35. The summed E-state index contributed by atoms with van der Waals surface area (Å²) in [6.45, 7) is 0.560. The molecule has 0 saturated heterocycles. The molecule has 0 spiro atoms. The van der Waals surface area contributed by atoms with Gasteiger partial charge in [0.1, 0.15) is 0 Å². The number of hydrogen-bond donors (Lipinski definition) is 1. The summed E-state index contributed by atoms with van der Waals surface area (Å²) in [5, 5.41) is 0. The molecule has 0 aliphatic heterocycles. The van der Waals surface area contributed by atoms with Crippen LogP contribution in [-0.2, 0) is 21.5 Å². The van der Waals surface area contributed by atoms with E-state index in [0.717, 1.165) is 5.56 Å². The summed E-state index contributed by atoms with van der Waals surface area (Å²) in [5.74, 6) is -0.0937. The molecule has 1 aromatic carbocycles. The molecular formula is C12H16O4S. The summed E-state index contributed by atoms with van der Waals surface area (Å²) < 4.78 is 35.6. The predicted octanol–water partition coefficient (Wildman–Crippen LogP) is 1.87. The molecule has 1 N–H and O–H groups in total. The van der Waals surface area contributed by atoms with E-state index >= 15 is 0 Å². The second-order valence-electron chi connectivity index (χ2n) is 4.50. The maximum atomic E-state index is 10.6. The van der Waals surface area contributed by atoms with Crippen LogP contribution in [0.3, 0.4) is 0 Å². The van der Waals surface area contributed by atoms with Crippen LogP contribution < -0.4 is 0 Å². The Morgan fingerprint density at radius 1 is 1.24 bits per heavy atom. The average Bonchev–Trinajstić information content (AvgIpc) is 2.21. The fourth-order valence-electron chi connectivity index (χ4n) is 2.03. The molecule has 5 heteroatoms. The van der Waals surface area contributed by atoms with Crippen molar-refractivity contribution in [2.24, 2.45) is 5.92 Å². The van der Waals surface area contributed by atoms with Crippen molar-refractivity contribution in [1.82, 2.24) is 0 Å². The van der Waals surface area contributed by atoms with Crippen molar-refractivity contribution in [3.8, 4) is 0 Å². The fraction of sp³-hybridized carbons (Fsp3) is 0.500. The van der Waals surface area contributed by atoms with E-state index in [2.05, 4.69) is 0 Å². The third-order valence-electron chi connectivity index (χ3n) is 2.97. The van der Waals surface area contributed by atoms with Crippen LogP contribution in [0.1, 0.15) is 18.4 Å². The fourth-order valence-corrected chi connectivity index (χ4v) is 2.90. The smallest absolute Gasteiger partial charge is 0.265 e. The van der Waals surface area contributed by atoms with Crippen molar-refractivity contribution in [2.45, 2.75) is 25.6 Å². The van der Waals surface area contributed by atoms with E-state index in [4.69, 9.17) is 9.29 Å². The summed E-state index contributed by atoms with van der Waals surface area (Å²) in [5.41, 5.74) is 1.12. The zero-order valence-electron chi connectivity index (χ0n) is 9.45. The Labute approximate surface area is 101 Å². The van der Waals surface area contributed by atoms with Crippen molar-refractivity contribution in [3.63, 3.8) is 0 Å². The number of hydrogen-bond acceptors (Lipinski definition) is 3. The minimum Gasteiger partial charge on any atom is -0.374 e. The normalized spacial score (nSPS) is 24.3. The Morgan fingerprint density at radius 2 is 1.88 bits per heavy atom. The summed E-state index contributed by atoms with van der Waals surface area (Å²) in [6, 6.07) is 9.86. The molecule has 1 fully saturated rings. The highest BCUT2D eigenvalue weighted by atomic mass is 32.2. The van der Waals surface area contributed by atoms with Crippen LogP contribution in [0.4, 0.5) is 0 Å². The highest BCUT2D eigenvalue weighted by Gasteiger charge is 2.32. The largest absolute Gasteiger partial charge is 0.374 e. The van der Waals surface area contributed by atoms with Gasteiger partial charge in [-0.1, -0.05) is 30.3 Å². The maximum absolute atomic E-state index is 10.6. The van der Waals surface area contributed by atoms with Gasteiger partial charge in [0, 0.05) is 0 Å². The molecule has 0 atom stereocenters. The number of benzene rings is 1. The lowest BCUT2D eigenvalue weighted by Gasteiger charge is -2.34. The molecular weight excluding hydrogens is 240 g/mol. The third-order valence-corrected chi connectivity index (χ3v) is 3.86. The van der Waals surface area contributed by atoms with Crippen molar-refractivity contribution < 1.29 is 17.7 Å². The van der Waals surface area contributed by atoms with Gasteiger partial charge in [-0.05, 0) is 24.3 Å². The third kappa shape index (κ3) is 4.11. The van der Waals surface area contributed by atoms with Gasteiger partial charge < -0.3 is 4.74 Å². The standard InChI is InChI=1S/C12H16O4S/c13-17(14,15)9-11-6-12(7-11)16-8-10-4-2-1-3-5-10/h1-5,11-12H,6-9H2,(H,13,14,15). The summed E-state index contributed by atoms with van der Waals surface area (Å²) in [7, 11) is -3.83. The first-order chi connectivity index (χ1) is 8.03. The molecule has 0 amide bonds. The number of rotatable bonds is 5. The van der Waals surface area contributed by atoms with Gasteiger partial charge in [0.2, 0.25) is 0 Å². The molecule has 0 bridgehead atoms. The van der Waals surface area contributed by atoms with Gasteiger partial charge in [0.15, 0.2) is 0 Å². The van der Waals surface area contributed by atoms with Crippen LogP contribution in [0, 0.1) is 5.92 Å². The number of ether oxygens (including phenoxy) is 1. The molecule has 0 radical (unpaired) electrons. The minimum atomic E-state index is -3.83. The Balaban J connectivity index is 1.68. The lowest BCUT2D eigenvalue weighted by atomic mass is 9.84. The van der Waals surface area contributed by atoms with E-state index in [1.54, 1.807) is 0 Å². The van der Waals surface area contributed by atoms with Gasteiger partial charge in [0.25, 0.3) is 10.1 Å². The second kappa shape index (κ2) is 5.16. The first kappa shape index (κ1) is 12.5. The molecule has 94 valence electrons. The first-order valence-corrected chi connectivity index (χ1v) is 7.24. The van der Waals surface area contributed by atoms with Gasteiger partial charge in [-0.25, -0.2) is 0 Å². The molecule has 1 aliphatic carbocycles. The molecule has 0 heterocycles. The highest BCUT2D eigenvalue weighted by Crippen LogP contribution is 2.31. The molecule has 0 aromatic heterocycles. The topological polar surface area (TPSA) is 63.6 Å². The van der Waals surface area contributed by atoms with Crippen molar-refractivity contribution in [3.05, 3.63) is 35.9 Å². The minimum absolute atomic E-state index is 0.0470. The molecule has 4 nitrogen and oxygen atoms in total. The van der Waals surface area contributed by atoms with E-state index in [1.807, 2.05) is 30.3 Å². The summed E-state index contributed by atoms with van der Waals surface area (Å²) in [6.07, 6.45) is 1.56. The lowest BCUT2D eigenvalue weighted by molar-refractivity contribution is -0.0346. The highest BCUT2D eigenvalue weighted by molar-refractivity contribution is 7.85. The average molecular weight is 256 g/mol. The van der Waals surface area contributed by atoms with Crippen LogP contribution >= 0.6 is 0 Å². The van der Waals surface area contributed by atoms with Crippen molar-refractivity contribution in [1.29, 1.82) is 0 Å². The van der Waals surface area contributed by atoms with Gasteiger partial charge in [-0.2, -0.15) is 8.42 Å². The van der Waals surface area contributed by atoms with Gasteiger partial charge in [-0.15, -0.1) is 0 Å². The zero-order valence-corrected chi connectivity index (χ0v) is 10.3. The van der Waals surface area contributed by atoms with Crippen LogP contribution in [0.15, 0.2) is 30.3 Å². The molecule has 1 aliphatic rings. The van der Waals surface area contributed by atoms with E-state index in [1.165, 1.54) is 0 Å². The maximum Gasteiger partial charge on any atom is 0.265 e. The van der Waals surface area contributed by atoms with Gasteiger partial charge in [-0.3, -0.25) is 4.55 Å². The van der Waals surface area contributed by atoms with Crippen LogP contribution in [-0.4, -0.2) is 24.8 Å². The monoisotopic (exact) mass is 256 g/mol. The second-order valence-corrected chi connectivity index (χ2v) is 6.00. The Bertz CT molecular complexity index is 449. The van der Waals surface area contributed by atoms with Crippen molar-refractivity contribution in [2.75, 3.05) is 5.75 Å². The summed E-state index contributed by atoms with van der Waals surface area (Å²) in [4.78, 5) is 0. The van der Waals surface area contributed by atoms with Crippen LogP contribution in [0.5, 0.6) is 0 Å². The van der Waals surface area contributed by atoms with Gasteiger partial charge in [0.05, 0.1) is 18.5 Å². The Hall–Kier alpha value is -0.910. The predicted molar refractivity (Wildman–Crippen MR) is 64.2 cm³/mol. The Kier molecular flexibility index (Phi) is 3.81. The van der Waals surface area contributed by atoms with E-state index < -0.39 is 10.1 Å². The van der Waals surface area contributed by atoms with E-state index in [0.29, 0.717) is 19.4 Å². The molecule has 2 rings (SSSR count). The van der Waals surface area contributed by atoms with Crippen molar-refractivity contribution >= 4 is 10.1 Å². The van der Waals surface area contributed by atoms with E-state index in [9.17, 15) is 8.42 Å². The molecule has 17 heavy (non-hydrogen) atoms. The molecule has 0 unspecified atom stereocenters. The van der Waals surface area contributed by atoms with Gasteiger partial charge >= 0.3 is 0 Å². The van der Waals surface area contributed by atoms with E-state index in [-0.39, 0.29) is 17.8 Å². The van der Waals surface area contributed by atoms with Crippen LogP contribution in [0.2, 0.25) is 0 Å². The molecule has 1 saturated carbocycles. The molecule has 1 aromatic rings. The first-order valence-electron chi connectivity index (χ1n) is 5.63. The quantitative estimate of drug-likeness (QED) is 0.817. The SMILES string of the molecule is O=S(=O)(O)CC1CC(OCc2ccccc2)C1. The summed E-state index contributed by atoms with van der Waals surface area (Å²) >= 11 is 0.